The zero-order chi connectivity index (χ0) is 18.6. The second kappa shape index (κ2) is 7.46. The van der Waals surface area contributed by atoms with E-state index < -0.39 is 0 Å². The molecule has 0 unspecified atom stereocenters. The summed E-state index contributed by atoms with van der Waals surface area (Å²) in [5.41, 5.74) is 6.04. The van der Waals surface area contributed by atoms with E-state index in [4.69, 9.17) is 0 Å². The van der Waals surface area contributed by atoms with Gasteiger partial charge in [0.15, 0.2) is 0 Å². The van der Waals surface area contributed by atoms with Gasteiger partial charge in [-0.15, -0.1) is 0 Å². The van der Waals surface area contributed by atoms with Crippen molar-refractivity contribution in [3.8, 4) is 11.4 Å². The lowest BCUT2D eigenvalue weighted by atomic mass is 10.1. The molecule has 4 heteroatoms. The Kier molecular flexibility index (Phi) is 4.71. The number of imidazole rings is 1. The van der Waals surface area contributed by atoms with E-state index in [1.165, 1.54) is 11.1 Å². The van der Waals surface area contributed by atoms with E-state index in [-0.39, 0.29) is 5.91 Å². The molecule has 0 aliphatic heterocycles. The molecule has 134 valence electrons. The molecule has 4 rings (SSSR count). The van der Waals surface area contributed by atoms with Crippen molar-refractivity contribution >= 4 is 22.6 Å². The van der Waals surface area contributed by atoms with Crippen LogP contribution in [0.15, 0.2) is 72.8 Å². The van der Waals surface area contributed by atoms with E-state index in [9.17, 15) is 4.79 Å². The van der Waals surface area contributed by atoms with Gasteiger partial charge < -0.3 is 10.3 Å². The Morgan fingerprint density at radius 1 is 1.00 bits per heavy atom. The average Bonchev–Trinajstić information content (AvgIpc) is 3.11. The zero-order valence-electron chi connectivity index (χ0n) is 15.2. The van der Waals surface area contributed by atoms with Gasteiger partial charge in [0, 0.05) is 17.7 Å². The minimum Gasteiger partial charge on any atom is -0.338 e. The lowest BCUT2D eigenvalue weighted by molar-refractivity contribution is -0.116. The van der Waals surface area contributed by atoms with Crippen LogP contribution in [0.5, 0.6) is 0 Å². The Balaban J connectivity index is 1.47. The van der Waals surface area contributed by atoms with Gasteiger partial charge in [-0.05, 0) is 48.7 Å². The van der Waals surface area contributed by atoms with Gasteiger partial charge in [-0.1, -0.05) is 48.5 Å². The third-order valence-electron chi connectivity index (χ3n) is 4.54. The number of carbonyl (C=O) groups excluding carboxylic acids is 1. The molecule has 0 atom stereocenters. The van der Waals surface area contributed by atoms with Gasteiger partial charge in [-0.2, -0.15) is 0 Å². The zero-order valence-corrected chi connectivity index (χ0v) is 15.2. The van der Waals surface area contributed by atoms with Gasteiger partial charge >= 0.3 is 0 Å². The molecule has 27 heavy (non-hydrogen) atoms. The van der Waals surface area contributed by atoms with Crippen LogP contribution in [0.2, 0.25) is 0 Å². The molecule has 0 radical (unpaired) electrons. The van der Waals surface area contributed by atoms with Crippen LogP contribution in [-0.4, -0.2) is 15.9 Å². The van der Waals surface area contributed by atoms with Crippen LogP contribution >= 0.6 is 0 Å². The van der Waals surface area contributed by atoms with E-state index in [1.807, 2.05) is 60.7 Å². The fourth-order valence-electron chi connectivity index (χ4n) is 3.13. The first-order valence-electron chi connectivity index (χ1n) is 9.08. The first kappa shape index (κ1) is 17.0. The van der Waals surface area contributed by atoms with Crippen LogP contribution in [0.1, 0.15) is 17.5 Å². The summed E-state index contributed by atoms with van der Waals surface area (Å²) < 4.78 is 0. The van der Waals surface area contributed by atoms with Crippen LogP contribution < -0.4 is 5.32 Å². The third kappa shape index (κ3) is 4.06. The van der Waals surface area contributed by atoms with Crippen molar-refractivity contribution in [2.24, 2.45) is 0 Å². The quantitative estimate of drug-likeness (QED) is 0.523. The maximum Gasteiger partial charge on any atom is 0.224 e. The molecule has 2 N–H and O–H groups in total. The lowest BCUT2D eigenvalue weighted by Gasteiger charge is -2.07. The standard InChI is InChI=1S/C23H21N3O/c1-16-10-12-20-21(14-16)26-23(25-20)18-8-5-9-19(15-18)24-22(27)13-11-17-6-3-2-4-7-17/h2-10,12,14-15H,11,13H2,1H3,(H,24,27)(H,25,26). The number of nitrogens with zero attached hydrogens (tertiary/aromatic N) is 1. The van der Waals surface area contributed by atoms with E-state index >= 15 is 0 Å². The summed E-state index contributed by atoms with van der Waals surface area (Å²) in [6.07, 6.45) is 1.19. The summed E-state index contributed by atoms with van der Waals surface area (Å²) in [5.74, 6) is 0.812. The second-order valence-corrected chi connectivity index (χ2v) is 6.72. The number of rotatable bonds is 5. The number of hydrogen-bond donors (Lipinski definition) is 2. The maximum atomic E-state index is 12.3. The molecule has 0 fully saturated rings. The lowest BCUT2D eigenvalue weighted by Crippen LogP contribution is -2.12. The highest BCUT2D eigenvalue weighted by molar-refractivity contribution is 5.91. The molecule has 0 saturated heterocycles. The van der Waals surface area contributed by atoms with Gasteiger partial charge in [0.25, 0.3) is 0 Å². The Labute approximate surface area is 158 Å². The number of fused-ring (bicyclic) bond motifs is 1. The Morgan fingerprint density at radius 2 is 1.85 bits per heavy atom. The molecule has 0 aliphatic carbocycles. The molecule has 4 aromatic rings. The Morgan fingerprint density at radius 3 is 2.70 bits per heavy atom. The van der Waals surface area contributed by atoms with E-state index in [0.29, 0.717) is 6.42 Å². The van der Waals surface area contributed by atoms with Crippen molar-refractivity contribution in [2.75, 3.05) is 5.32 Å². The monoisotopic (exact) mass is 355 g/mol. The molecule has 1 aromatic heterocycles. The molecular formula is C23H21N3O. The van der Waals surface area contributed by atoms with Gasteiger partial charge in [0.05, 0.1) is 11.0 Å². The number of aryl methyl sites for hydroxylation is 2. The smallest absolute Gasteiger partial charge is 0.224 e. The Bertz CT molecular complexity index is 1080. The summed E-state index contributed by atoms with van der Waals surface area (Å²) in [6, 6.07) is 24.0. The summed E-state index contributed by atoms with van der Waals surface area (Å²) in [7, 11) is 0. The number of amides is 1. The highest BCUT2D eigenvalue weighted by atomic mass is 16.1. The molecule has 0 spiro atoms. The van der Waals surface area contributed by atoms with Crippen molar-refractivity contribution in [3.05, 3.63) is 83.9 Å². The number of anilines is 1. The molecule has 0 saturated carbocycles. The molecule has 4 nitrogen and oxygen atoms in total. The van der Waals surface area contributed by atoms with Gasteiger partial charge in [-0.25, -0.2) is 4.98 Å². The summed E-state index contributed by atoms with van der Waals surface area (Å²) in [6.45, 7) is 2.06. The van der Waals surface area contributed by atoms with Crippen molar-refractivity contribution < 1.29 is 4.79 Å². The number of hydrogen-bond acceptors (Lipinski definition) is 2. The van der Waals surface area contributed by atoms with Crippen molar-refractivity contribution in [1.82, 2.24) is 9.97 Å². The molecule has 3 aromatic carbocycles. The molecule has 0 bridgehead atoms. The molecule has 1 heterocycles. The number of H-pyrrole nitrogens is 1. The number of aromatic nitrogens is 2. The summed E-state index contributed by atoms with van der Waals surface area (Å²) >= 11 is 0. The second-order valence-electron chi connectivity index (χ2n) is 6.72. The van der Waals surface area contributed by atoms with Gasteiger partial charge in [0.1, 0.15) is 5.82 Å². The highest BCUT2D eigenvalue weighted by Crippen LogP contribution is 2.23. The van der Waals surface area contributed by atoms with Crippen LogP contribution in [-0.2, 0) is 11.2 Å². The minimum atomic E-state index is 0.0104. The first-order valence-corrected chi connectivity index (χ1v) is 9.08. The van der Waals surface area contributed by atoms with Crippen LogP contribution in [0.4, 0.5) is 5.69 Å². The van der Waals surface area contributed by atoms with Gasteiger partial charge in [-0.3, -0.25) is 4.79 Å². The van der Waals surface area contributed by atoms with E-state index in [2.05, 4.69) is 34.3 Å². The average molecular weight is 355 g/mol. The maximum absolute atomic E-state index is 12.3. The molecule has 1 amide bonds. The largest absolute Gasteiger partial charge is 0.338 e. The fraction of sp³-hybridized carbons (Fsp3) is 0.130. The van der Waals surface area contributed by atoms with Crippen LogP contribution in [0, 0.1) is 6.92 Å². The van der Waals surface area contributed by atoms with E-state index in [0.717, 1.165) is 34.5 Å². The predicted molar refractivity (Wildman–Crippen MR) is 110 cm³/mol. The SMILES string of the molecule is Cc1ccc2nc(-c3cccc(NC(=O)CCc4ccccc4)c3)[nH]c2c1. The van der Waals surface area contributed by atoms with Crippen LogP contribution in [0.25, 0.3) is 22.4 Å². The predicted octanol–water partition coefficient (Wildman–Crippen LogP) is 5.11. The van der Waals surface area contributed by atoms with Crippen molar-refractivity contribution in [1.29, 1.82) is 0 Å². The summed E-state index contributed by atoms with van der Waals surface area (Å²) in [4.78, 5) is 20.3. The highest BCUT2D eigenvalue weighted by Gasteiger charge is 2.08. The normalized spacial score (nSPS) is 10.9. The fourth-order valence-corrected chi connectivity index (χ4v) is 3.13. The van der Waals surface area contributed by atoms with Crippen LogP contribution in [0.3, 0.4) is 0 Å². The van der Waals surface area contributed by atoms with Crippen molar-refractivity contribution in [2.45, 2.75) is 19.8 Å². The first-order chi connectivity index (χ1) is 13.2. The minimum absolute atomic E-state index is 0.0104. The third-order valence-corrected chi connectivity index (χ3v) is 4.54. The number of aromatic amines is 1. The van der Waals surface area contributed by atoms with Crippen molar-refractivity contribution in [3.63, 3.8) is 0 Å². The summed E-state index contributed by atoms with van der Waals surface area (Å²) in [5, 5.41) is 2.98. The topological polar surface area (TPSA) is 57.8 Å². The molecular weight excluding hydrogens is 334 g/mol. The number of nitrogens with one attached hydrogen (secondary N) is 2. The van der Waals surface area contributed by atoms with E-state index in [1.54, 1.807) is 0 Å². The van der Waals surface area contributed by atoms with Gasteiger partial charge in [0.2, 0.25) is 5.91 Å². The Hall–Kier alpha value is -3.40. The molecule has 0 aliphatic rings. The number of carbonyl (C=O) groups is 1. The number of benzene rings is 3.